The molecule has 0 aliphatic carbocycles. The minimum absolute atomic E-state index is 0.0762. The number of hydrogen-bond donors (Lipinski definition) is 3. The van der Waals surface area contributed by atoms with Gasteiger partial charge in [0, 0.05) is 5.38 Å². The molecule has 2 aromatic rings. The number of nitrogens with two attached hydrogens (primary N) is 1. The molecular weight excluding hydrogens is 426 g/mol. The van der Waals surface area contributed by atoms with E-state index in [0.29, 0.717) is 25.0 Å². The Morgan fingerprint density at radius 2 is 2.29 bits per heavy atom. The van der Waals surface area contributed by atoms with Crippen molar-refractivity contribution in [2.24, 2.45) is 12.2 Å². The molecular formula is C18H19N7O5S. The van der Waals surface area contributed by atoms with Crippen molar-refractivity contribution in [1.82, 2.24) is 19.8 Å². The number of carboxylic acid groups (broad SMARTS) is 1. The van der Waals surface area contributed by atoms with E-state index >= 15 is 0 Å². The van der Waals surface area contributed by atoms with E-state index in [-0.39, 0.29) is 22.2 Å². The first-order chi connectivity index (χ1) is 14.8. The zero-order valence-corrected chi connectivity index (χ0v) is 17.2. The number of nitrogens with zero attached hydrogens (tertiary/aromatic N) is 5. The summed E-state index contributed by atoms with van der Waals surface area (Å²) < 4.78 is 3.63. The lowest BCUT2D eigenvalue weighted by molar-refractivity contribution is -0.671. The van der Waals surface area contributed by atoms with Gasteiger partial charge in [-0.1, -0.05) is 5.16 Å². The number of rotatable bonds is 6. The van der Waals surface area contributed by atoms with Gasteiger partial charge in [-0.05, 0) is 18.4 Å². The Bertz CT molecular complexity index is 1130. The first-order valence-electron chi connectivity index (χ1n) is 9.32. The number of thiazole rings is 1. The number of carbonyl (C=O) groups is 3. The van der Waals surface area contributed by atoms with Crippen molar-refractivity contribution >= 4 is 40.0 Å². The SMILES string of the molecule is C[n+]1ccn(CC2=C(C(=O)[O-])N3C(=O)[C@@H](NC(=O)/C(=N\O)c4csc(N)n4)[C@H]3CC2)c1. The quantitative estimate of drug-likeness (QED) is 0.148. The van der Waals surface area contributed by atoms with E-state index in [1.165, 1.54) is 10.3 Å². The second kappa shape index (κ2) is 7.83. The molecule has 0 bridgehead atoms. The lowest BCUT2D eigenvalue weighted by atomic mass is 9.83. The third-order valence-corrected chi connectivity index (χ3v) is 5.97. The number of nitrogens with one attached hydrogen (secondary N) is 1. The highest BCUT2D eigenvalue weighted by Gasteiger charge is 2.52. The minimum Gasteiger partial charge on any atom is -0.543 e. The predicted octanol–water partition coefficient (Wildman–Crippen LogP) is -2.28. The van der Waals surface area contributed by atoms with E-state index in [0.717, 1.165) is 11.3 Å². The van der Waals surface area contributed by atoms with Gasteiger partial charge < -0.3 is 31.1 Å². The summed E-state index contributed by atoms with van der Waals surface area (Å²) in [7, 11) is 1.84. The number of carbonyl (C=O) groups excluding carboxylic acids is 3. The Kier molecular flexibility index (Phi) is 5.19. The number of hydrogen-bond acceptors (Lipinski definition) is 9. The Hall–Kier alpha value is -3.74. The highest BCUT2D eigenvalue weighted by molar-refractivity contribution is 7.13. The van der Waals surface area contributed by atoms with E-state index in [9.17, 15) is 24.7 Å². The minimum atomic E-state index is -1.44. The Balaban J connectivity index is 1.52. The van der Waals surface area contributed by atoms with Crippen molar-refractivity contribution in [2.45, 2.75) is 31.5 Å². The maximum atomic E-state index is 12.7. The van der Waals surface area contributed by atoms with Crippen LogP contribution in [0.1, 0.15) is 18.5 Å². The molecule has 2 aliphatic heterocycles. The molecule has 1 fully saturated rings. The summed E-state index contributed by atoms with van der Waals surface area (Å²) in [6, 6.07) is -1.48. The van der Waals surface area contributed by atoms with E-state index in [2.05, 4.69) is 15.5 Å². The Morgan fingerprint density at radius 1 is 1.52 bits per heavy atom. The molecule has 0 radical (unpaired) electrons. The number of aromatic nitrogens is 3. The predicted molar refractivity (Wildman–Crippen MR) is 104 cm³/mol. The number of fused-ring (bicyclic) bond motifs is 1. The van der Waals surface area contributed by atoms with Crippen LogP contribution in [0.25, 0.3) is 0 Å². The maximum absolute atomic E-state index is 12.7. The molecule has 2 aromatic heterocycles. The first-order valence-corrected chi connectivity index (χ1v) is 10.2. The van der Waals surface area contributed by atoms with Gasteiger partial charge in [0.25, 0.3) is 11.8 Å². The molecule has 31 heavy (non-hydrogen) atoms. The van der Waals surface area contributed by atoms with E-state index in [1.54, 1.807) is 12.5 Å². The van der Waals surface area contributed by atoms with Crippen LogP contribution in [0.4, 0.5) is 5.13 Å². The van der Waals surface area contributed by atoms with Gasteiger partial charge in [0.15, 0.2) is 10.8 Å². The van der Waals surface area contributed by atoms with Crippen molar-refractivity contribution < 1.29 is 29.3 Å². The monoisotopic (exact) mass is 445 g/mol. The average molecular weight is 445 g/mol. The molecule has 4 N–H and O–H groups in total. The van der Waals surface area contributed by atoms with Crippen LogP contribution in [0, 0.1) is 0 Å². The van der Waals surface area contributed by atoms with Gasteiger partial charge in [0.2, 0.25) is 6.33 Å². The number of β-lactam (4-membered cyclic amide) rings is 1. The van der Waals surface area contributed by atoms with Gasteiger partial charge >= 0.3 is 0 Å². The molecule has 0 aromatic carbocycles. The van der Waals surface area contributed by atoms with Gasteiger partial charge in [-0.3, -0.25) is 9.59 Å². The first kappa shape index (κ1) is 20.5. The van der Waals surface area contributed by atoms with Gasteiger partial charge in [-0.2, -0.15) is 0 Å². The van der Waals surface area contributed by atoms with Crippen molar-refractivity contribution in [3.05, 3.63) is 41.1 Å². The smallest absolute Gasteiger partial charge is 0.276 e. The summed E-state index contributed by atoms with van der Waals surface area (Å²) in [6.07, 6.45) is 6.31. The summed E-state index contributed by atoms with van der Waals surface area (Å²) in [5.41, 5.74) is 5.64. The summed E-state index contributed by atoms with van der Waals surface area (Å²) in [5, 5.41) is 28.2. The van der Waals surface area contributed by atoms with E-state index in [4.69, 9.17) is 5.73 Å². The molecule has 1 saturated heterocycles. The van der Waals surface area contributed by atoms with Crippen molar-refractivity contribution in [2.75, 3.05) is 5.73 Å². The lowest BCUT2D eigenvalue weighted by Gasteiger charge is -2.51. The van der Waals surface area contributed by atoms with E-state index < -0.39 is 29.9 Å². The lowest BCUT2D eigenvalue weighted by Crippen LogP contribution is -2.72. The molecule has 4 rings (SSSR count). The van der Waals surface area contributed by atoms with Gasteiger partial charge in [0.1, 0.15) is 30.7 Å². The fourth-order valence-electron chi connectivity index (χ4n) is 3.92. The number of imidazole rings is 1. The molecule has 4 heterocycles. The third-order valence-electron chi connectivity index (χ3n) is 5.29. The van der Waals surface area contributed by atoms with Crippen LogP contribution in [0.2, 0.25) is 0 Å². The van der Waals surface area contributed by atoms with Crippen LogP contribution in [-0.4, -0.2) is 55.2 Å². The zero-order valence-electron chi connectivity index (χ0n) is 16.4. The van der Waals surface area contributed by atoms with Crippen LogP contribution >= 0.6 is 11.3 Å². The summed E-state index contributed by atoms with van der Waals surface area (Å²) in [6.45, 7) is 0.310. The normalized spacial score (nSPS) is 21.0. The molecule has 2 amide bonds. The van der Waals surface area contributed by atoms with E-state index in [1.807, 2.05) is 22.4 Å². The molecule has 162 valence electrons. The Labute approximate surface area is 179 Å². The second-order valence-corrected chi connectivity index (χ2v) is 8.17. The number of carboxylic acids is 1. The highest BCUT2D eigenvalue weighted by Crippen LogP contribution is 2.37. The number of allylic oxidation sites excluding steroid dienone is 1. The molecule has 0 saturated carbocycles. The van der Waals surface area contributed by atoms with Crippen LogP contribution in [-0.2, 0) is 28.0 Å². The molecule has 12 nitrogen and oxygen atoms in total. The van der Waals surface area contributed by atoms with Gasteiger partial charge in [-0.25, -0.2) is 14.1 Å². The average Bonchev–Trinajstić information content (AvgIpc) is 3.34. The highest BCUT2D eigenvalue weighted by atomic mass is 32.1. The molecule has 0 unspecified atom stereocenters. The van der Waals surface area contributed by atoms with Crippen molar-refractivity contribution in [1.29, 1.82) is 0 Å². The fraction of sp³-hybridized carbons (Fsp3) is 0.333. The summed E-state index contributed by atoms with van der Waals surface area (Å²) >= 11 is 1.07. The second-order valence-electron chi connectivity index (χ2n) is 7.28. The van der Waals surface area contributed by atoms with Gasteiger partial charge in [0.05, 0.1) is 24.8 Å². The fourth-order valence-corrected chi connectivity index (χ4v) is 4.46. The number of amides is 2. The number of oxime groups is 1. The van der Waals surface area contributed by atoms with Crippen LogP contribution in [0.15, 0.2) is 40.5 Å². The molecule has 2 aliphatic rings. The van der Waals surface area contributed by atoms with Crippen molar-refractivity contribution in [3.63, 3.8) is 0 Å². The van der Waals surface area contributed by atoms with Crippen molar-refractivity contribution in [3.8, 4) is 0 Å². The molecule has 13 heteroatoms. The largest absolute Gasteiger partial charge is 0.543 e. The number of aryl methyl sites for hydroxylation is 1. The Morgan fingerprint density at radius 3 is 2.87 bits per heavy atom. The molecule has 0 spiro atoms. The van der Waals surface area contributed by atoms with Crippen LogP contribution < -0.4 is 20.7 Å². The third kappa shape index (κ3) is 3.63. The number of aliphatic carboxylic acids is 1. The van der Waals surface area contributed by atoms with Gasteiger partial charge in [-0.15, -0.1) is 11.3 Å². The molecule has 2 atom stereocenters. The van der Waals surface area contributed by atoms with Crippen LogP contribution in [0.5, 0.6) is 0 Å². The number of anilines is 1. The van der Waals surface area contributed by atoms with Crippen LogP contribution in [0.3, 0.4) is 0 Å². The number of nitrogen functional groups attached to an aromatic ring is 1. The standard InChI is InChI=1S/C18H19N7O5S/c1-23-4-5-24(8-23)6-9-2-3-11-13(16(27)25(11)14(9)17(28)29)21-15(26)12(22-30)10-7-31-18(19)20-10/h4-5,7-8,11,13H,2-3,6H2,1H3,(H4-,19,20,21,26,28,29,30)/t11-,13+/m1/s1. The topological polar surface area (TPSA) is 170 Å². The summed E-state index contributed by atoms with van der Waals surface area (Å²) in [4.78, 5) is 42.2. The zero-order chi connectivity index (χ0) is 22.3. The maximum Gasteiger partial charge on any atom is 0.276 e. The summed E-state index contributed by atoms with van der Waals surface area (Å²) in [5.74, 6) is -2.82.